The molecule has 0 aromatic carbocycles. The SMILES string of the molecule is CCc1nc(C)cc(N2CCC[C@@H]2[C@H]2COCC[C@H]2O)n1. The van der Waals surface area contributed by atoms with E-state index in [-0.39, 0.29) is 12.0 Å². The quantitative estimate of drug-likeness (QED) is 0.919. The molecule has 0 aliphatic carbocycles. The first-order valence-electron chi connectivity index (χ1n) is 8.06. The molecule has 3 rings (SSSR count). The highest BCUT2D eigenvalue weighted by molar-refractivity contribution is 5.42. The molecule has 116 valence electrons. The van der Waals surface area contributed by atoms with Crippen molar-refractivity contribution in [1.29, 1.82) is 0 Å². The maximum atomic E-state index is 10.3. The van der Waals surface area contributed by atoms with Gasteiger partial charge in [0.1, 0.15) is 11.6 Å². The fraction of sp³-hybridized carbons (Fsp3) is 0.750. The lowest BCUT2D eigenvalue weighted by molar-refractivity contribution is -0.0438. The van der Waals surface area contributed by atoms with E-state index in [9.17, 15) is 5.11 Å². The minimum Gasteiger partial charge on any atom is -0.393 e. The van der Waals surface area contributed by atoms with Gasteiger partial charge in [0.15, 0.2) is 0 Å². The average molecular weight is 291 g/mol. The maximum Gasteiger partial charge on any atom is 0.132 e. The molecule has 2 saturated heterocycles. The van der Waals surface area contributed by atoms with E-state index in [4.69, 9.17) is 9.72 Å². The molecule has 0 bridgehead atoms. The van der Waals surface area contributed by atoms with E-state index in [2.05, 4.69) is 22.9 Å². The Labute approximate surface area is 126 Å². The van der Waals surface area contributed by atoms with Gasteiger partial charge in [0.05, 0.1) is 12.7 Å². The first-order chi connectivity index (χ1) is 10.2. The summed E-state index contributed by atoms with van der Waals surface area (Å²) in [6, 6.07) is 2.40. The van der Waals surface area contributed by atoms with Crippen LogP contribution in [0, 0.1) is 12.8 Å². The lowest BCUT2D eigenvalue weighted by atomic mass is 9.89. The number of aliphatic hydroxyl groups excluding tert-OH is 1. The molecule has 3 heterocycles. The highest BCUT2D eigenvalue weighted by atomic mass is 16.5. The summed E-state index contributed by atoms with van der Waals surface area (Å²) in [6.45, 7) is 6.45. The third kappa shape index (κ3) is 3.04. The number of rotatable bonds is 3. The Bertz CT molecular complexity index is 494. The Kier molecular flexibility index (Phi) is 4.40. The molecule has 0 amide bonds. The van der Waals surface area contributed by atoms with Crippen molar-refractivity contribution in [3.8, 4) is 0 Å². The summed E-state index contributed by atoms with van der Waals surface area (Å²) in [4.78, 5) is 11.5. The first-order valence-corrected chi connectivity index (χ1v) is 8.06. The van der Waals surface area contributed by atoms with Crippen LogP contribution >= 0.6 is 0 Å². The molecule has 0 saturated carbocycles. The molecule has 1 aromatic heterocycles. The molecular formula is C16H25N3O2. The van der Waals surface area contributed by atoms with Crippen LogP contribution in [0.2, 0.25) is 0 Å². The molecule has 2 aliphatic heterocycles. The fourth-order valence-electron chi connectivity index (χ4n) is 3.56. The van der Waals surface area contributed by atoms with Gasteiger partial charge >= 0.3 is 0 Å². The van der Waals surface area contributed by atoms with Crippen LogP contribution in [0.5, 0.6) is 0 Å². The Hall–Kier alpha value is -1.20. The second kappa shape index (κ2) is 6.28. The Morgan fingerprint density at radius 3 is 3.00 bits per heavy atom. The van der Waals surface area contributed by atoms with Gasteiger partial charge in [0.25, 0.3) is 0 Å². The van der Waals surface area contributed by atoms with Gasteiger partial charge in [0.2, 0.25) is 0 Å². The van der Waals surface area contributed by atoms with Gasteiger partial charge in [-0.3, -0.25) is 0 Å². The van der Waals surface area contributed by atoms with Crippen LogP contribution in [-0.4, -0.2) is 47.0 Å². The van der Waals surface area contributed by atoms with Gasteiger partial charge in [-0.1, -0.05) is 6.92 Å². The van der Waals surface area contributed by atoms with Crippen molar-refractivity contribution in [2.24, 2.45) is 5.92 Å². The number of ether oxygens (including phenoxy) is 1. The Balaban J connectivity index is 1.84. The zero-order valence-electron chi connectivity index (χ0n) is 13.0. The standard InChI is InChI=1S/C16H25N3O2/c1-3-15-17-11(2)9-16(18-15)19-7-4-5-13(19)12-10-21-8-6-14(12)20/h9,12-14,20H,3-8,10H2,1-2H3/t12-,13-,14-/m1/s1. The van der Waals surface area contributed by atoms with Crippen LogP contribution in [0.25, 0.3) is 0 Å². The summed E-state index contributed by atoms with van der Waals surface area (Å²) in [5.41, 5.74) is 1.02. The minimum atomic E-state index is -0.252. The van der Waals surface area contributed by atoms with Crippen LogP contribution in [0.1, 0.15) is 37.7 Å². The van der Waals surface area contributed by atoms with Crippen LogP contribution in [0.15, 0.2) is 6.07 Å². The highest BCUT2D eigenvalue weighted by Crippen LogP contribution is 2.32. The van der Waals surface area contributed by atoms with Crippen molar-refractivity contribution in [3.05, 3.63) is 17.6 Å². The van der Waals surface area contributed by atoms with Crippen molar-refractivity contribution < 1.29 is 9.84 Å². The zero-order chi connectivity index (χ0) is 14.8. The molecule has 0 spiro atoms. The largest absolute Gasteiger partial charge is 0.393 e. The van der Waals surface area contributed by atoms with Crippen LogP contribution in [0.3, 0.4) is 0 Å². The van der Waals surface area contributed by atoms with E-state index in [1.807, 2.05) is 6.92 Å². The number of aromatic nitrogens is 2. The van der Waals surface area contributed by atoms with Gasteiger partial charge < -0.3 is 14.7 Å². The average Bonchev–Trinajstić information content (AvgIpc) is 2.96. The smallest absolute Gasteiger partial charge is 0.132 e. The van der Waals surface area contributed by atoms with E-state index in [1.54, 1.807) is 0 Å². The summed E-state index contributed by atoms with van der Waals surface area (Å²) in [6.07, 6.45) is 3.60. The van der Waals surface area contributed by atoms with Gasteiger partial charge in [0, 0.05) is 43.3 Å². The second-order valence-corrected chi connectivity index (χ2v) is 6.14. The Morgan fingerprint density at radius 1 is 1.38 bits per heavy atom. The molecule has 0 radical (unpaired) electrons. The predicted molar refractivity (Wildman–Crippen MR) is 81.4 cm³/mol. The Morgan fingerprint density at radius 2 is 2.24 bits per heavy atom. The van der Waals surface area contributed by atoms with E-state index in [1.165, 1.54) is 0 Å². The number of nitrogens with zero attached hydrogens (tertiary/aromatic N) is 3. The number of aliphatic hydroxyl groups is 1. The number of hydrogen-bond acceptors (Lipinski definition) is 5. The summed E-state index contributed by atoms with van der Waals surface area (Å²) in [7, 11) is 0. The van der Waals surface area contributed by atoms with Gasteiger partial charge in [-0.05, 0) is 26.2 Å². The third-order valence-electron chi connectivity index (χ3n) is 4.65. The van der Waals surface area contributed by atoms with Gasteiger partial charge in [-0.15, -0.1) is 0 Å². The van der Waals surface area contributed by atoms with E-state index in [0.717, 1.165) is 49.6 Å². The van der Waals surface area contributed by atoms with Crippen molar-refractivity contribution >= 4 is 5.82 Å². The minimum absolute atomic E-state index is 0.196. The maximum absolute atomic E-state index is 10.3. The summed E-state index contributed by atoms with van der Waals surface area (Å²) < 4.78 is 5.60. The summed E-state index contributed by atoms with van der Waals surface area (Å²) in [5, 5.41) is 10.3. The second-order valence-electron chi connectivity index (χ2n) is 6.14. The number of hydrogen-bond donors (Lipinski definition) is 1. The third-order valence-corrected chi connectivity index (χ3v) is 4.65. The summed E-state index contributed by atoms with van der Waals surface area (Å²) >= 11 is 0. The molecule has 5 heteroatoms. The lowest BCUT2D eigenvalue weighted by Gasteiger charge is -2.37. The van der Waals surface area contributed by atoms with E-state index in [0.29, 0.717) is 19.3 Å². The molecule has 2 aliphatic rings. The van der Waals surface area contributed by atoms with Crippen LogP contribution < -0.4 is 4.90 Å². The van der Waals surface area contributed by atoms with Crippen LogP contribution in [0.4, 0.5) is 5.82 Å². The lowest BCUT2D eigenvalue weighted by Crippen LogP contribution is -2.46. The van der Waals surface area contributed by atoms with Gasteiger partial charge in [-0.2, -0.15) is 0 Å². The normalized spacial score (nSPS) is 29.9. The molecule has 2 fully saturated rings. The van der Waals surface area contributed by atoms with E-state index < -0.39 is 0 Å². The highest BCUT2D eigenvalue weighted by Gasteiger charge is 2.38. The fourth-order valence-corrected chi connectivity index (χ4v) is 3.56. The molecule has 21 heavy (non-hydrogen) atoms. The monoisotopic (exact) mass is 291 g/mol. The molecule has 0 unspecified atom stereocenters. The topological polar surface area (TPSA) is 58.5 Å². The molecule has 5 nitrogen and oxygen atoms in total. The van der Waals surface area contributed by atoms with Crippen molar-refractivity contribution in [2.75, 3.05) is 24.7 Å². The molecular weight excluding hydrogens is 266 g/mol. The van der Waals surface area contributed by atoms with E-state index >= 15 is 0 Å². The van der Waals surface area contributed by atoms with Crippen molar-refractivity contribution in [1.82, 2.24) is 9.97 Å². The number of anilines is 1. The molecule has 1 aromatic rings. The number of aryl methyl sites for hydroxylation is 2. The van der Waals surface area contributed by atoms with Crippen molar-refractivity contribution in [2.45, 2.75) is 51.7 Å². The summed E-state index contributed by atoms with van der Waals surface area (Å²) in [5.74, 6) is 2.11. The van der Waals surface area contributed by atoms with Crippen LogP contribution in [-0.2, 0) is 11.2 Å². The predicted octanol–water partition coefficient (Wildman–Crippen LogP) is 1.71. The molecule has 1 N–H and O–H groups in total. The van der Waals surface area contributed by atoms with Crippen molar-refractivity contribution in [3.63, 3.8) is 0 Å². The van der Waals surface area contributed by atoms with Gasteiger partial charge in [-0.25, -0.2) is 9.97 Å². The zero-order valence-corrected chi connectivity index (χ0v) is 13.0. The first kappa shape index (κ1) is 14.7. The molecule has 3 atom stereocenters.